The Bertz CT molecular complexity index is 1300. The van der Waals surface area contributed by atoms with Crippen LogP contribution in [0.15, 0.2) is 54.4 Å². The van der Waals surface area contributed by atoms with Gasteiger partial charge in [-0.2, -0.15) is 0 Å². The molecule has 1 aromatic carbocycles. The molecule has 0 radical (unpaired) electrons. The van der Waals surface area contributed by atoms with Crippen LogP contribution in [0.3, 0.4) is 0 Å². The molecule has 1 fully saturated rings. The third-order valence-corrected chi connectivity index (χ3v) is 6.49. The number of benzene rings is 1. The number of nitrogens with zero attached hydrogens (tertiary/aromatic N) is 3. The quantitative estimate of drug-likeness (QED) is 0.227. The van der Waals surface area contributed by atoms with E-state index in [1.165, 1.54) is 17.3 Å². The highest BCUT2D eigenvalue weighted by Crippen LogP contribution is 2.44. The zero-order chi connectivity index (χ0) is 25.1. The van der Waals surface area contributed by atoms with Crippen molar-refractivity contribution in [3.8, 4) is 5.75 Å². The van der Waals surface area contributed by atoms with Crippen LogP contribution in [0.5, 0.6) is 5.75 Å². The fourth-order valence-corrected chi connectivity index (χ4v) is 4.78. The monoisotopic (exact) mass is 493 g/mol. The van der Waals surface area contributed by atoms with Crippen molar-refractivity contribution in [2.24, 2.45) is 0 Å². The topological polar surface area (TPSA) is 119 Å². The van der Waals surface area contributed by atoms with E-state index in [0.29, 0.717) is 29.2 Å². The summed E-state index contributed by atoms with van der Waals surface area (Å²) in [5.41, 5.74) is 1.20. The average molecular weight is 494 g/mol. The van der Waals surface area contributed by atoms with Crippen LogP contribution in [0.2, 0.25) is 0 Å². The van der Waals surface area contributed by atoms with Gasteiger partial charge in [0, 0.05) is 18.0 Å². The second-order valence-electron chi connectivity index (χ2n) is 7.54. The Labute approximate surface area is 205 Å². The first-order valence-electron chi connectivity index (χ1n) is 11.0. The summed E-state index contributed by atoms with van der Waals surface area (Å²) in [6.45, 7) is 5.86. The number of carbonyl (C=O) groups is 3. The Morgan fingerprint density at radius 2 is 1.77 bits per heavy atom. The second-order valence-corrected chi connectivity index (χ2v) is 8.52. The number of aryl methyl sites for hydroxylation is 1. The molecule has 0 bridgehead atoms. The van der Waals surface area contributed by atoms with Crippen molar-refractivity contribution in [2.75, 3.05) is 18.1 Å². The van der Waals surface area contributed by atoms with E-state index in [0.717, 1.165) is 11.3 Å². The zero-order valence-electron chi connectivity index (χ0n) is 19.3. The predicted molar refractivity (Wildman–Crippen MR) is 129 cm³/mol. The van der Waals surface area contributed by atoms with E-state index in [9.17, 15) is 19.5 Å². The number of pyridine rings is 1. The molecule has 1 unspecified atom stereocenters. The van der Waals surface area contributed by atoms with Crippen LogP contribution in [0.4, 0.5) is 5.13 Å². The number of Topliss-reactive ketones (excluding diaryl/α,β-unsaturated/α-hetero) is 1. The van der Waals surface area contributed by atoms with Crippen molar-refractivity contribution < 1.29 is 29.0 Å². The van der Waals surface area contributed by atoms with Gasteiger partial charge in [0.2, 0.25) is 0 Å². The van der Waals surface area contributed by atoms with Crippen molar-refractivity contribution in [2.45, 2.75) is 26.8 Å². The minimum atomic E-state index is -0.973. The van der Waals surface area contributed by atoms with Crippen molar-refractivity contribution in [1.29, 1.82) is 0 Å². The molecular weight excluding hydrogens is 470 g/mol. The number of aromatic nitrogens is 2. The number of ketones is 1. The Kier molecular flexibility index (Phi) is 6.92. The highest BCUT2D eigenvalue weighted by Gasteiger charge is 2.48. The summed E-state index contributed by atoms with van der Waals surface area (Å²) in [6.07, 6.45) is 2.96. The summed E-state index contributed by atoms with van der Waals surface area (Å²) in [5, 5.41) is 11.3. The van der Waals surface area contributed by atoms with Gasteiger partial charge in [-0.1, -0.05) is 23.5 Å². The predicted octanol–water partition coefficient (Wildman–Crippen LogP) is 4.05. The number of anilines is 1. The minimum absolute atomic E-state index is 0.0871. The lowest BCUT2D eigenvalue weighted by Crippen LogP contribution is -2.29. The van der Waals surface area contributed by atoms with Crippen LogP contribution >= 0.6 is 11.3 Å². The zero-order valence-corrected chi connectivity index (χ0v) is 20.2. The number of thiazole rings is 1. The van der Waals surface area contributed by atoms with Gasteiger partial charge in [-0.3, -0.25) is 19.5 Å². The molecule has 1 atom stereocenters. The number of ether oxygens (including phenoxy) is 2. The third kappa shape index (κ3) is 4.52. The molecule has 180 valence electrons. The molecule has 0 saturated carbocycles. The molecular formula is C25H23N3O6S. The van der Waals surface area contributed by atoms with Crippen LogP contribution in [0, 0.1) is 6.92 Å². The lowest BCUT2D eigenvalue weighted by atomic mass is 9.95. The number of esters is 1. The molecule has 1 aliphatic heterocycles. The Balaban J connectivity index is 1.88. The van der Waals surface area contributed by atoms with E-state index in [1.807, 2.05) is 6.92 Å². The number of aliphatic hydroxyl groups excluding tert-OH is 1. The highest BCUT2D eigenvalue weighted by molar-refractivity contribution is 7.17. The molecule has 9 nitrogen and oxygen atoms in total. The van der Waals surface area contributed by atoms with Gasteiger partial charge in [-0.15, -0.1) is 0 Å². The first-order valence-corrected chi connectivity index (χ1v) is 11.8. The van der Waals surface area contributed by atoms with Crippen molar-refractivity contribution in [3.05, 3.63) is 76.1 Å². The van der Waals surface area contributed by atoms with Crippen LogP contribution in [0.1, 0.15) is 46.4 Å². The molecule has 0 aliphatic carbocycles. The second kappa shape index (κ2) is 10.1. The lowest BCUT2D eigenvalue weighted by Gasteiger charge is -2.23. The summed E-state index contributed by atoms with van der Waals surface area (Å²) in [6, 6.07) is 9.02. The smallest absolute Gasteiger partial charge is 0.350 e. The van der Waals surface area contributed by atoms with E-state index in [1.54, 1.807) is 50.2 Å². The third-order valence-electron chi connectivity index (χ3n) is 5.36. The maximum Gasteiger partial charge on any atom is 0.350 e. The van der Waals surface area contributed by atoms with E-state index >= 15 is 0 Å². The van der Waals surface area contributed by atoms with Gasteiger partial charge in [0.25, 0.3) is 5.78 Å². The van der Waals surface area contributed by atoms with Gasteiger partial charge in [0.05, 0.1) is 30.5 Å². The Morgan fingerprint density at radius 1 is 1.09 bits per heavy atom. The highest BCUT2D eigenvalue weighted by atomic mass is 32.1. The van der Waals surface area contributed by atoms with E-state index in [-0.39, 0.29) is 27.9 Å². The molecule has 1 N–H and O–H groups in total. The Hall–Kier alpha value is -4.05. The maximum absolute atomic E-state index is 13.3. The van der Waals surface area contributed by atoms with Crippen LogP contribution in [0.25, 0.3) is 5.76 Å². The first kappa shape index (κ1) is 24.1. The van der Waals surface area contributed by atoms with E-state index in [4.69, 9.17) is 9.47 Å². The van der Waals surface area contributed by atoms with Crippen LogP contribution < -0.4 is 9.64 Å². The normalized spacial score (nSPS) is 17.0. The fourth-order valence-electron chi connectivity index (χ4n) is 3.79. The number of amides is 1. The van der Waals surface area contributed by atoms with Crippen LogP contribution in [-0.2, 0) is 14.3 Å². The van der Waals surface area contributed by atoms with Crippen molar-refractivity contribution in [3.63, 3.8) is 0 Å². The maximum atomic E-state index is 13.3. The van der Waals surface area contributed by atoms with Crippen molar-refractivity contribution in [1.82, 2.24) is 9.97 Å². The molecule has 1 aliphatic rings. The molecule has 1 amide bonds. The largest absolute Gasteiger partial charge is 0.507 e. The van der Waals surface area contributed by atoms with Crippen molar-refractivity contribution >= 4 is 39.9 Å². The van der Waals surface area contributed by atoms with Gasteiger partial charge >= 0.3 is 11.9 Å². The molecule has 0 spiro atoms. The molecule has 3 aromatic rings. The summed E-state index contributed by atoms with van der Waals surface area (Å²) >= 11 is 0.958. The standard InChI is InChI=1S/C25H23N3O6S/c1-4-33-17-8-6-15(7-9-17)19-18(20(29)16-10-12-26-13-11-16)21(30)23(31)28(19)25-27-14(3)22(35-25)24(32)34-5-2/h6-13,19,29H,4-5H2,1-3H3/b20-18+. The molecule has 35 heavy (non-hydrogen) atoms. The van der Waals surface area contributed by atoms with Gasteiger partial charge in [-0.25, -0.2) is 9.78 Å². The number of aliphatic hydroxyl groups is 1. The number of hydrogen-bond donors (Lipinski definition) is 1. The number of carbonyl (C=O) groups excluding carboxylic acids is 3. The first-order chi connectivity index (χ1) is 16.9. The van der Waals surface area contributed by atoms with E-state index < -0.39 is 23.7 Å². The summed E-state index contributed by atoms with van der Waals surface area (Å²) in [4.78, 5) is 48.6. The summed E-state index contributed by atoms with van der Waals surface area (Å²) in [5.74, 6) is -1.98. The summed E-state index contributed by atoms with van der Waals surface area (Å²) < 4.78 is 10.6. The van der Waals surface area contributed by atoms with Gasteiger partial charge < -0.3 is 14.6 Å². The Morgan fingerprint density at radius 3 is 2.40 bits per heavy atom. The average Bonchev–Trinajstić information content (AvgIpc) is 3.37. The van der Waals surface area contributed by atoms with Gasteiger partial charge in [-0.05, 0) is 50.6 Å². The van der Waals surface area contributed by atoms with Gasteiger partial charge in [0.1, 0.15) is 16.4 Å². The van der Waals surface area contributed by atoms with Gasteiger partial charge in [0.15, 0.2) is 5.13 Å². The van der Waals surface area contributed by atoms with E-state index in [2.05, 4.69) is 9.97 Å². The lowest BCUT2D eigenvalue weighted by molar-refractivity contribution is -0.132. The summed E-state index contributed by atoms with van der Waals surface area (Å²) in [7, 11) is 0. The molecule has 3 heterocycles. The fraction of sp³-hybridized carbons (Fsp3) is 0.240. The molecule has 1 saturated heterocycles. The SMILES string of the molecule is CCOC(=O)c1sc(N2C(=O)C(=O)/C(=C(/O)c3ccncc3)C2c2ccc(OCC)cc2)nc1C. The van der Waals surface area contributed by atoms with Crippen LogP contribution in [-0.4, -0.2) is 45.9 Å². The molecule has 2 aromatic heterocycles. The minimum Gasteiger partial charge on any atom is -0.507 e. The number of rotatable bonds is 7. The molecule has 4 rings (SSSR count). The number of hydrogen-bond acceptors (Lipinski definition) is 9. The molecule has 10 heteroatoms.